The second kappa shape index (κ2) is 10.3. The highest BCUT2D eigenvalue weighted by Crippen LogP contribution is 2.30. The van der Waals surface area contributed by atoms with E-state index < -0.39 is 29.2 Å². The number of fused-ring (bicyclic) bond motifs is 1. The molecule has 1 unspecified atom stereocenters. The molecule has 3 aromatic carbocycles. The number of carboxylic acids is 1. The summed E-state index contributed by atoms with van der Waals surface area (Å²) >= 11 is 6.01. The third-order valence-electron chi connectivity index (χ3n) is 6.02. The van der Waals surface area contributed by atoms with Crippen molar-refractivity contribution in [3.8, 4) is 0 Å². The molecule has 190 valence electrons. The Hall–Kier alpha value is -4.76. The normalized spacial score (nSPS) is 11.8. The third-order valence-corrected chi connectivity index (χ3v) is 6.25. The molecule has 0 aliphatic heterocycles. The number of hydrogen-bond donors (Lipinski definition) is 2. The van der Waals surface area contributed by atoms with Crippen LogP contribution in [0.4, 0.5) is 10.1 Å². The Balaban J connectivity index is 1.38. The molecule has 1 atom stereocenters. The molecular weight excluding hydrogens is 513 g/mol. The number of halogens is 2. The number of carbonyl (C=O) groups is 2. The Morgan fingerprint density at radius 2 is 1.84 bits per heavy atom. The monoisotopic (exact) mass is 531 g/mol. The summed E-state index contributed by atoms with van der Waals surface area (Å²) in [7, 11) is 0. The lowest BCUT2D eigenvalue weighted by Crippen LogP contribution is -2.29. The van der Waals surface area contributed by atoms with E-state index >= 15 is 4.39 Å². The van der Waals surface area contributed by atoms with Crippen LogP contribution in [-0.2, 0) is 11.3 Å². The van der Waals surface area contributed by atoms with Crippen LogP contribution < -0.4 is 10.9 Å². The Kier molecular flexibility index (Phi) is 6.76. The number of hydrogen-bond acceptors (Lipinski definition) is 5. The van der Waals surface area contributed by atoms with Gasteiger partial charge in [-0.05, 0) is 65.2 Å². The van der Waals surface area contributed by atoms with E-state index in [9.17, 15) is 19.5 Å². The van der Waals surface area contributed by atoms with Crippen LogP contribution in [0.3, 0.4) is 0 Å². The quantitative estimate of drug-likeness (QED) is 0.294. The number of aliphatic carboxylic acids is 1. The summed E-state index contributed by atoms with van der Waals surface area (Å²) in [4.78, 5) is 41.9. The first-order valence-electron chi connectivity index (χ1n) is 11.4. The summed E-state index contributed by atoms with van der Waals surface area (Å²) in [5, 5.41) is 12.8. The highest BCUT2D eigenvalue weighted by atomic mass is 35.5. The summed E-state index contributed by atoms with van der Waals surface area (Å²) in [6, 6.07) is 18.3. The van der Waals surface area contributed by atoms with Crippen molar-refractivity contribution in [2.45, 2.75) is 12.5 Å². The molecule has 2 heterocycles. The van der Waals surface area contributed by atoms with Gasteiger partial charge in [-0.1, -0.05) is 35.9 Å². The summed E-state index contributed by atoms with van der Waals surface area (Å²) in [6.45, 7) is 0.195. The van der Waals surface area contributed by atoms with Gasteiger partial charge in [0.15, 0.2) is 12.0 Å². The van der Waals surface area contributed by atoms with Gasteiger partial charge in [0.05, 0.1) is 12.2 Å². The van der Waals surface area contributed by atoms with Crippen molar-refractivity contribution >= 4 is 40.3 Å². The fraction of sp³-hybridized carbons (Fsp3) is 0.0714. The van der Waals surface area contributed by atoms with Crippen LogP contribution in [0.5, 0.6) is 0 Å². The van der Waals surface area contributed by atoms with Gasteiger partial charge in [0.2, 0.25) is 0 Å². The van der Waals surface area contributed by atoms with Crippen LogP contribution in [0.25, 0.3) is 11.1 Å². The topological polar surface area (TPSA) is 114 Å². The van der Waals surface area contributed by atoms with Gasteiger partial charge < -0.3 is 19.4 Å². The largest absolute Gasteiger partial charge is 0.481 e. The van der Waals surface area contributed by atoms with Gasteiger partial charge >= 0.3 is 5.97 Å². The summed E-state index contributed by atoms with van der Waals surface area (Å²) in [6.07, 6.45) is 2.79. The zero-order valence-corrected chi connectivity index (χ0v) is 20.4. The molecular formula is C28H19ClFN3O5. The smallest absolute Gasteiger partial charge is 0.315 e. The van der Waals surface area contributed by atoms with E-state index in [0.717, 1.165) is 11.6 Å². The predicted molar refractivity (Wildman–Crippen MR) is 139 cm³/mol. The molecule has 0 spiro atoms. The third kappa shape index (κ3) is 5.05. The minimum Gasteiger partial charge on any atom is -0.481 e. The first kappa shape index (κ1) is 24.9. The van der Waals surface area contributed by atoms with Crippen molar-refractivity contribution in [2.75, 3.05) is 5.32 Å². The maximum Gasteiger partial charge on any atom is 0.315 e. The molecule has 5 rings (SSSR count). The molecule has 5 aromatic rings. The minimum atomic E-state index is -1.19. The zero-order valence-electron chi connectivity index (χ0n) is 19.6. The lowest BCUT2D eigenvalue weighted by molar-refractivity contribution is -0.137. The van der Waals surface area contributed by atoms with Crippen molar-refractivity contribution in [2.24, 2.45) is 0 Å². The number of oxazole rings is 1. The highest BCUT2D eigenvalue weighted by Gasteiger charge is 2.24. The number of carboxylic acid groups (broad SMARTS) is 1. The van der Waals surface area contributed by atoms with Crippen molar-refractivity contribution in [3.63, 3.8) is 0 Å². The number of aromatic nitrogens is 2. The Morgan fingerprint density at radius 3 is 2.61 bits per heavy atom. The average molecular weight is 532 g/mol. The van der Waals surface area contributed by atoms with E-state index in [4.69, 9.17) is 16.0 Å². The number of benzene rings is 3. The van der Waals surface area contributed by atoms with E-state index in [-0.39, 0.29) is 23.4 Å². The molecule has 0 radical (unpaired) electrons. The van der Waals surface area contributed by atoms with Crippen molar-refractivity contribution in [3.05, 3.63) is 129 Å². The molecule has 0 bridgehead atoms. The van der Waals surface area contributed by atoms with Crippen LogP contribution in [0, 0.1) is 5.82 Å². The van der Waals surface area contributed by atoms with Crippen LogP contribution in [0.15, 0.2) is 94.6 Å². The number of rotatable bonds is 7. The SMILES string of the molecule is O=C(Nc1ccc(C(C(=O)O)c2ccc3ocnc3c2)cc1F)c1cccn(Cc2cccc(Cl)c2)c1=O. The van der Waals surface area contributed by atoms with Crippen molar-refractivity contribution in [1.82, 2.24) is 9.55 Å². The molecule has 2 N–H and O–H groups in total. The van der Waals surface area contributed by atoms with Gasteiger partial charge in [-0.3, -0.25) is 14.4 Å². The van der Waals surface area contributed by atoms with Crippen LogP contribution in [0.2, 0.25) is 5.02 Å². The number of carbonyl (C=O) groups excluding carboxylic acids is 1. The maximum atomic E-state index is 15.0. The lowest BCUT2D eigenvalue weighted by Gasteiger charge is -2.15. The number of pyridine rings is 1. The highest BCUT2D eigenvalue weighted by molar-refractivity contribution is 6.30. The zero-order chi connectivity index (χ0) is 26.8. The predicted octanol–water partition coefficient (Wildman–Crippen LogP) is 5.30. The number of nitrogens with zero attached hydrogens (tertiary/aromatic N) is 2. The minimum absolute atomic E-state index is 0.166. The van der Waals surface area contributed by atoms with Crippen molar-refractivity contribution < 1.29 is 23.5 Å². The first-order valence-corrected chi connectivity index (χ1v) is 11.8. The average Bonchev–Trinajstić information content (AvgIpc) is 3.35. The number of amides is 1. The standard InChI is InChI=1S/C28H19ClFN3O5/c29-19-4-1-3-16(11-19)14-33-10-2-5-20(27(33)35)26(34)32-22-8-6-17(12-21(22)30)25(28(36)37)18-7-9-24-23(13-18)31-15-38-24/h1-13,15,25H,14H2,(H,32,34)(H,36,37). The number of nitrogens with one attached hydrogen (secondary N) is 1. The van der Waals surface area contributed by atoms with Crippen LogP contribution in [0.1, 0.15) is 33.0 Å². The molecule has 0 aliphatic rings. The van der Waals surface area contributed by atoms with E-state index in [1.165, 1.54) is 35.4 Å². The molecule has 1 amide bonds. The molecule has 0 aliphatic carbocycles. The Morgan fingerprint density at radius 1 is 1.05 bits per heavy atom. The molecule has 8 nitrogen and oxygen atoms in total. The fourth-order valence-corrected chi connectivity index (χ4v) is 4.41. The van der Waals surface area contributed by atoms with Gasteiger partial charge in [-0.25, -0.2) is 9.37 Å². The second-order valence-electron chi connectivity index (χ2n) is 8.53. The molecule has 38 heavy (non-hydrogen) atoms. The van der Waals surface area contributed by atoms with Gasteiger partial charge in [0.1, 0.15) is 22.8 Å². The summed E-state index contributed by atoms with van der Waals surface area (Å²) in [5.41, 5.74) is 1.36. The molecule has 10 heteroatoms. The lowest BCUT2D eigenvalue weighted by atomic mass is 9.91. The van der Waals surface area contributed by atoms with E-state index in [2.05, 4.69) is 10.3 Å². The molecule has 0 fully saturated rings. The van der Waals surface area contributed by atoms with Crippen LogP contribution >= 0.6 is 11.6 Å². The van der Waals surface area contributed by atoms with E-state index in [0.29, 0.717) is 21.7 Å². The van der Waals surface area contributed by atoms with Gasteiger partial charge in [-0.15, -0.1) is 0 Å². The second-order valence-corrected chi connectivity index (χ2v) is 8.97. The molecule has 2 aromatic heterocycles. The molecule has 0 saturated heterocycles. The number of anilines is 1. The fourth-order valence-electron chi connectivity index (χ4n) is 4.20. The van der Waals surface area contributed by atoms with Gasteiger partial charge in [-0.2, -0.15) is 0 Å². The summed E-state index contributed by atoms with van der Waals surface area (Å²) in [5.74, 6) is -4.01. The Bertz CT molecular complexity index is 1750. The van der Waals surface area contributed by atoms with E-state index in [1.807, 2.05) is 0 Å². The van der Waals surface area contributed by atoms with Crippen LogP contribution in [-0.4, -0.2) is 26.5 Å². The van der Waals surface area contributed by atoms with Gasteiger partial charge in [0, 0.05) is 11.2 Å². The first-order chi connectivity index (χ1) is 18.3. The molecule has 0 saturated carbocycles. The maximum absolute atomic E-state index is 15.0. The summed E-state index contributed by atoms with van der Waals surface area (Å²) < 4.78 is 21.6. The Labute approximate surface area is 219 Å². The van der Waals surface area contributed by atoms with Crippen molar-refractivity contribution in [1.29, 1.82) is 0 Å². The van der Waals surface area contributed by atoms with E-state index in [1.54, 1.807) is 48.5 Å². The van der Waals surface area contributed by atoms with Gasteiger partial charge in [0.25, 0.3) is 11.5 Å².